The van der Waals surface area contributed by atoms with Gasteiger partial charge in [0.15, 0.2) is 12.4 Å². The summed E-state index contributed by atoms with van der Waals surface area (Å²) in [5.74, 6) is 1.31. The molecule has 0 spiro atoms. The van der Waals surface area contributed by atoms with Gasteiger partial charge in [0.2, 0.25) is 0 Å². The minimum atomic E-state index is -0.287. The number of carbonyl (C=O) groups is 1. The van der Waals surface area contributed by atoms with E-state index < -0.39 is 0 Å². The van der Waals surface area contributed by atoms with Crippen LogP contribution in [0.3, 0.4) is 0 Å². The molecular weight excluding hydrogens is 601 g/mol. The van der Waals surface area contributed by atoms with Gasteiger partial charge in [0.1, 0.15) is 23.4 Å². The second-order valence-corrected chi connectivity index (χ2v) is 12.4. The third-order valence-electron chi connectivity index (χ3n) is 7.37. The molecule has 0 N–H and O–H groups in total. The predicted octanol–water partition coefficient (Wildman–Crippen LogP) is 9.29. The molecule has 45 heavy (non-hydrogen) atoms. The molecule has 3 aromatic carbocycles. The highest BCUT2D eigenvalue weighted by atomic mass is 32.1. The Hall–Kier alpha value is -4.92. The van der Waals surface area contributed by atoms with E-state index in [9.17, 15) is 4.79 Å². The van der Waals surface area contributed by atoms with Crippen LogP contribution in [0, 0.1) is 0 Å². The van der Waals surface area contributed by atoms with E-state index in [1.54, 1.807) is 25.6 Å². The van der Waals surface area contributed by atoms with Crippen LogP contribution in [0.5, 0.6) is 11.5 Å². The number of aromatic nitrogens is 1. The van der Waals surface area contributed by atoms with Gasteiger partial charge in [-0.1, -0.05) is 18.2 Å². The highest BCUT2D eigenvalue weighted by molar-refractivity contribution is 7.27. The average Bonchev–Trinajstić information content (AvgIpc) is 3.66. The molecular formula is C37H33N2O4S2+. The van der Waals surface area contributed by atoms with Gasteiger partial charge in [-0.05, 0) is 90.9 Å². The Morgan fingerprint density at radius 1 is 0.778 bits per heavy atom. The molecule has 0 atom stereocenters. The van der Waals surface area contributed by atoms with Gasteiger partial charge >= 0.3 is 5.97 Å². The van der Waals surface area contributed by atoms with Gasteiger partial charge in [0.25, 0.3) is 0 Å². The summed E-state index contributed by atoms with van der Waals surface area (Å²) in [4.78, 5) is 17.7. The summed E-state index contributed by atoms with van der Waals surface area (Å²) in [5.41, 5.74) is 5.21. The summed E-state index contributed by atoms with van der Waals surface area (Å²) in [7, 11) is 5.34. The Kier molecular flexibility index (Phi) is 8.96. The molecule has 6 aromatic rings. The molecule has 0 saturated carbocycles. The van der Waals surface area contributed by atoms with E-state index in [-0.39, 0.29) is 5.97 Å². The van der Waals surface area contributed by atoms with Gasteiger partial charge in [-0.3, -0.25) is 0 Å². The Morgan fingerprint density at radius 2 is 1.33 bits per heavy atom. The maximum Gasteiger partial charge on any atom is 0.348 e. The summed E-state index contributed by atoms with van der Waals surface area (Å²) < 4.78 is 19.2. The normalized spacial score (nSPS) is 11.2. The van der Waals surface area contributed by atoms with Crippen LogP contribution in [0.2, 0.25) is 0 Å². The molecule has 0 amide bonds. The Morgan fingerprint density at radius 3 is 1.87 bits per heavy atom. The number of nitrogens with zero attached hydrogens (tertiary/aromatic N) is 2. The zero-order valence-electron chi connectivity index (χ0n) is 25.5. The Labute approximate surface area is 271 Å². The zero-order valence-corrected chi connectivity index (χ0v) is 27.2. The van der Waals surface area contributed by atoms with E-state index in [0.29, 0.717) is 11.5 Å². The fourth-order valence-electron chi connectivity index (χ4n) is 5.05. The van der Waals surface area contributed by atoms with Gasteiger partial charge in [-0.15, -0.1) is 22.7 Å². The average molecular weight is 634 g/mol. The van der Waals surface area contributed by atoms with Crippen LogP contribution < -0.4 is 18.9 Å². The van der Waals surface area contributed by atoms with E-state index in [1.165, 1.54) is 11.3 Å². The summed E-state index contributed by atoms with van der Waals surface area (Å²) in [5, 5.41) is 1.06. The number of rotatable bonds is 10. The molecule has 3 heterocycles. The molecule has 3 aromatic heterocycles. The van der Waals surface area contributed by atoms with Gasteiger partial charge in [0, 0.05) is 44.3 Å². The molecule has 0 unspecified atom stereocenters. The quantitative estimate of drug-likeness (QED) is 0.111. The standard InChI is InChI=1S/C37H33N2O4S2/c1-5-43-37(40)34-24-32-35(44-33(36(32)45-34)19-6-25-20-22-38(2)23-21-25)26-7-9-27(10-8-26)39(28-11-15-30(41-3)16-12-28)29-13-17-31(42-4)18-14-29/h6-24H,5H2,1-4H3/q+1. The molecule has 6 rings (SSSR count). The van der Waals surface area contributed by atoms with Crippen molar-refractivity contribution in [3.8, 4) is 21.9 Å². The van der Waals surface area contributed by atoms with Crippen molar-refractivity contribution in [3.05, 3.63) is 119 Å². The molecule has 0 saturated heterocycles. The van der Waals surface area contributed by atoms with E-state index in [1.807, 2.05) is 85.5 Å². The van der Waals surface area contributed by atoms with E-state index in [4.69, 9.17) is 14.2 Å². The van der Waals surface area contributed by atoms with Crippen LogP contribution in [-0.2, 0) is 11.8 Å². The number of anilines is 3. The molecule has 0 aliphatic carbocycles. The fourth-order valence-corrected chi connectivity index (χ4v) is 7.42. The van der Waals surface area contributed by atoms with Crippen molar-refractivity contribution in [1.29, 1.82) is 0 Å². The van der Waals surface area contributed by atoms with Crippen molar-refractivity contribution < 1.29 is 23.6 Å². The smallest absolute Gasteiger partial charge is 0.348 e. The third kappa shape index (κ3) is 6.48. The fraction of sp³-hybridized carbons (Fsp3) is 0.135. The predicted molar refractivity (Wildman–Crippen MR) is 185 cm³/mol. The number of benzene rings is 3. The van der Waals surface area contributed by atoms with Crippen molar-refractivity contribution in [2.24, 2.45) is 7.05 Å². The molecule has 0 aliphatic rings. The van der Waals surface area contributed by atoms with Crippen molar-refractivity contribution in [3.63, 3.8) is 0 Å². The Bertz CT molecular complexity index is 1890. The number of fused-ring (bicyclic) bond motifs is 1. The first-order valence-electron chi connectivity index (χ1n) is 14.5. The van der Waals surface area contributed by atoms with Crippen molar-refractivity contribution in [2.45, 2.75) is 6.92 Å². The maximum atomic E-state index is 12.7. The molecule has 6 nitrogen and oxygen atoms in total. The van der Waals surface area contributed by atoms with Gasteiger partial charge in [-0.25, -0.2) is 9.36 Å². The Balaban J connectivity index is 1.40. The summed E-state index contributed by atoms with van der Waals surface area (Å²) in [6.07, 6.45) is 8.31. The van der Waals surface area contributed by atoms with Crippen LogP contribution in [0.1, 0.15) is 27.0 Å². The van der Waals surface area contributed by atoms with E-state index in [0.717, 1.165) is 59.5 Å². The lowest BCUT2D eigenvalue weighted by Gasteiger charge is -2.26. The molecule has 8 heteroatoms. The largest absolute Gasteiger partial charge is 0.497 e. The van der Waals surface area contributed by atoms with Crippen LogP contribution in [0.25, 0.3) is 32.7 Å². The lowest BCUT2D eigenvalue weighted by atomic mass is 10.1. The van der Waals surface area contributed by atoms with Crippen LogP contribution in [0.4, 0.5) is 17.1 Å². The number of esters is 1. The zero-order chi connectivity index (χ0) is 31.3. The molecule has 226 valence electrons. The van der Waals surface area contributed by atoms with Gasteiger partial charge in [-0.2, -0.15) is 0 Å². The molecule has 0 aliphatic heterocycles. The lowest BCUT2D eigenvalue weighted by molar-refractivity contribution is -0.671. The minimum Gasteiger partial charge on any atom is -0.497 e. The second-order valence-electron chi connectivity index (χ2n) is 10.3. The van der Waals surface area contributed by atoms with E-state index >= 15 is 0 Å². The number of pyridine rings is 1. The SMILES string of the molecule is CCOC(=O)c1cc2c(-c3ccc(N(c4ccc(OC)cc4)c4ccc(OC)cc4)cc3)sc(/C=C/c3cc[n+](C)cc3)c2s1. The second kappa shape index (κ2) is 13.4. The summed E-state index contributed by atoms with van der Waals surface area (Å²) >= 11 is 3.21. The van der Waals surface area contributed by atoms with E-state index in [2.05, 4.69) is 53.5 Å². The number of hydrogen-bond donors (Lipinski definition) is 0. The highest BCUT2D eigenvalue weighted by Gasteiger charge is 2.20. The van der Waals surface area contributed by atoms with Crippen molar-refractivity contribution in [1.82, 2.24) is 0 Å². The van der Waals surface area contributed by atoms with Crippen LogP contribution >= 0.6 is 22.7 Å². The van der Waals surface area contributed by atoms with Gasteiger partial charge in [0.05, 0.1) is 25.5 Å². The lowest BCUT2D eigenvalue weighted by Crippen LogP contribution is -2.25. The first-order valence-corrected chi connectivity index (χ1v) is 16.2. The van der Waals surface area contributed by atoms with Crippen molar-refractivity contribution >= 4 is 67.9 Å². The maximum absolute atomic E-state index is 12.7. The summed E-state index contributed by atoms with van der Waals surface area (Å²) in [6, 6.07) is 30.7. The first kappa shape index (κ1) is 30.1. The first-order chi connectivity index (χ1) is 22.0. The van der Waals surface area contributed by atoms with Crippen LogP contribution in [-0.4, -0.2) is 26.8 Å². The minimum absolute atomic E-state index is 0.287. The third-order valence-corrected chi connectivity index (χ3v) is 9.87. The topological polar surface area (TPSA) is 51.9 Å². The van der Waals surface area contributed by atoms with Crippen molar-refractivity contribution in [2.75, 3.05) is 25.7 Å². The number of aryl methyl sites for hydroxylation is 1. The number of hydrogen-bond acceptors (Lipinski definition) is 7. The van der Waals surface area contributed by atoms with Crippen LogP contribution in [0.15, 0.2) is 103 Å². The molecule has 0 bridgehead atoms. The molecule has 0 fully saturated rings. The number of carbonyl (C=O) groups excluding carboxylic acids is 1. The van der Waals surface area contributed by atoms with Gasteiger partial charge < -0.3 is 19.1 Å². The number of thiophene rings is 2. The number of ether oxygens (including phenoxy) is 3. The molecule has 0 radical (unpaired) electrons. The summed E-state index contributed by atoms with van der Waals surface area (Å²) in [6.45, 7) is 2.17. The monoisotopic (exact) mass is 633 g/mol. The number of methoxy groups -OCH3 is 2. The highest BCUT2D eigenvalue weighted by Crippen LogP contribution is 2.45.